The first-order valence-corrected chi connectivity index (χ1v) is 5.42. The van der Waals surface area contributed by atoms with Crippen LogP contribution in [0.15, 0.2) is 18.2 Å². The van der Waals surface area contributed by atoms with Crippen LogP contribution in [0.5, 0.6) is 5.75 Å². The van der Waals surface area contributed by atoms with Crippen LogP contribution >= 0.6 is 11.3 Å². The molecule has 0 amide bonds. The highest BCUT2D eigenvalue weighted by Crippen LogP contribution is 2.28. The van der Waals surface area contributed by atoms with E-state index in [4.69, 9.17) is 10.5 Å². The molecule has 0 saturated heterocycles. The van der Waals surface area contributed by atoms with Gasteiger partial charge in [-0.05, 0) is 12.1 Å². The van der Waals surface area contributed by atoms with Crippen molar-refractivity contribution >= 4 is 11.3 Å². The maximum atomic E-state index is 13.7. The lowest BCUT2D eigenvalue weighted by Gasteiger charge is -2.01. The zero-order valence-electron chi connectivity index (χ0n) is 8.61. The molecule has 0 aliphatic rings. The van der Waals surface area contributed by atoms with Crippen molar-refractivity contribution in [2.45, 2.75) is 6.54 Å². The summed E-state index contributed by atoms with van der Waals surface area (Å²) in [6.45, 7) is 0.315. The summed E-state index contributed by atoms with van der Waals surface area (Å²) in [6.07, 6.45) is 0. The first kappa shape index (κ1) is 11.0. The van der Waals surface area contributed by atoms with Gasteiger partial charge in [0.2, 0.25) is 0 Å². The minimum absolute atomic E-state index is 0.315. The molecule has 0 unspecified atom stereocenters. The molecular weight excluding hydrogens is 229 g/mol. The molecule has 0 spiro atoms. The fourth-order valence-corrected chi connectivity index (χ4v) is 1.99. The minimum Gasteiger partial charge on any atom is -0.497 e. The molecule has 84 valence electrons. The Morgan fingerprint density at radius 1 is 1.44 bits per heavy atom. The third kappa shape index (κ3) is 2.02. The SMILES string of the molecule is COc1ccc(-c2nnc(CN)s2)c(F)c1. The van der Waals surface area contributed by atoms with Crippen molar-refractivity contribution in [3.63, 3.8) is 0 Å². The van der Waals surface area contributed by atoms with Gasteiger partial charge in [-0.2, -0.15) is 0 Å². The van der Waals surface area contributed by atoms with Crippen molar-refractivity contribution in [2.24, 2.45) is 5.73 Å². The Kier molecular flexibility index (Phi) is 3.12. The average molecular weight is 239 g/mol. The number of hydrogen-bond donors (Lipinski definition) is 1. The largest absolute Gasteiger partial charge is 0.497 e. The maximum Gasteiger partial charge on any atom is 0.150 e. The summed E-state index contributed by atoms with van der Waals surface area (Å²) in [5, 5.41) is 8.94. The lowest BCUT2D eigenvalue weighted by molar-refractivity contribution is 0.411. The Bertz CT molecular complexity index is 501. The lowest BCUT2D eigenvalue weighted by atomic mass is 10.2. The van der Waals surface area contributed by atoms with E-state index in [-0.39, 0.29) is 5.82 Å². The molecule has 6 heteroatoms. The van der Waals surface area contributed by atoms with Crippen LogP contribution in [0.4, 0.5) is 4.39 Å². The van der Waals surface area contributed by atoms with Crippen LogP contribution in [0.2, 0.25) is 0 Å². The Balaban J connectivity index is 2.40. The summed E-state index contributed by atoms with van der Waals surface area (Å²) in [4.78, 5) is 0. The summed E-state index contributed by atoms with van der Waals surface area (Å²) in [5.41, 5.74) is 5.83. The van der Waals surface area contributed by atoms with Crippen molar-refractivity contribution in [1.82, 2.24) is 10.2 Å². The van der Waals surface area contributed by atoms with E-state index in [2.05, 4.69) is 10.2 Å². The van der Waals surface area contributed by atoms with Crippen LogP contribution in [0.25, 0.3) is 10.6 Å². The van der Waals surface area contributed by atoms with Crippen molar-refractivity contribution in [3.8, 4) is 16.3 Å². The number of methoxy groups -OCH3 is 1. The molecule has 0 bridgehead atoms. The van der Waals surface area contributed by atoms with Gasteiger partial charge in [-0.3, -0.25) is 0 Å². The third-order valence-corrected chi connectivity index (χ3v) is 3.03. The van der Waals surface area contributed by atoms with Gasteiger partial charge >= 0.3 is 0 Å². The highest BCUT2D eigenvalue weighted by molar-refractivity contribution is 7.14. The molecule has 0 aliphatic carbocycles. The first-order chi connectivity index (χ1) is 7.74. The van der Waals surface area contributed by atoms with Crippen LogP contribution in [-0.2, 0) is 6.54 Å². The molecule has 0 saturated carbocycles. The second-order valence-corrected chi connectivity index (χ2v) is 4.11. The van der Waals surface area contributed by atoms with Crippen molar-refractivity contribution in [1.29, 1.82) is 0 Å². The number of rotatable bonds is 3. The zero-order chi connectivity index (χ0) is 11.5. The van der Waals surface area contributed by atoms with Gasteiger partial charge in [-0.25, -0.2) is 4.39 Å². The summed E-state index contributed by atoms with van der Waals surface area (Å²) in [5.74, 6) is 0.101. The second kappa shape index (κ2) is 4.54. The number of halogens is 1. The highest BCUT2D eigenvalue weighted by atomic mass is 32.1. The summed E-state index contributed by atoms with van der Waals surface area (Å²) in [7, 11) is 1.49. The topological polar surface area (TPSA) is 61.0 Å². The molecule has 4 nitrogen and oxygen atoms in total. The van der Waals surface area contributed by atoms with Crippen molar-refractivity contribution < 1.29 is 9.13 Å². The Morgan fingerprint density at radius 2 is 2.25 bits per heavy atom. The van der Waals surface area contributed by atoms with E-state index in [1.165, 1.54) is 24.5 Å². The fourth-order valence-electron chi connectivity index (χ4n) is 1.24. The van der Waals surface area contributed by atoms with Crippen molar-refractivity contribution in [2.75, 3.05) is 7.11 Å². The molecule has 2 N–H and O–H groups in total. The molecule has 2 aromatic rings. The molecule has 1 aromatic heterocycles. The van der Waals surface area contributed by atoms with Gasteiger partial charge in [0.1, 0.15) is 16.6 Å². The quantitative estimate of drug-likeness (QED) is 0.887. The van der Waals surface area contributed by atoms with Crippen LogP contribution in [-0.4, -0.2) is 17.3 Å². The molecule has 1 heterocycles. The van der Waals surface area contributed by atoms with Gasteiger partial charge in [-0.1, -0.05) is 11.3 Å². The van der Waals surface area contributed by atoms with Gasteiger partial charge in [-0.15, -0.1) is 10.2 Å². The minimum atomic E-state index is -0.376. The number of aromatic nitrogens is 2. The standard InChI is InChI=1S/C10H10FN3OS/c1-15-6-2-3-7(8(11)4-6)10-14-13-9(5-12)16-10/h2-4H,5,12H2,1H3. The number of benzene rings is 1. The van der Waals surface area contributed by atoms with Gasteiger partial charge < -0.3 is 10.5 Å². The van der Waals surface area contributed by atoms with E-state index in [0.29, 0.717) is 27.9 Å². The molecule has 0 aliphatic heterocycles. The van der Waals surface area contributed by atoms with Gasteiger partial charge in [0.25, 0.3) is 0 Å². The molecular formula is C10H10FN3OS. The van der Waals surface area contributed by atoms with Crippen LogP contribution in [0.3, 0.4) is 0 Å². The summed E-state index contributed by atoms with van der Waals surface area (Å²) >= 11 is 1.29. The maximum absolute atomic E-state index is 13.7. The van der Waals surface area contributed by atoms with E-state index < -0.39 is 0 Å². The zero-order valence-corrected chi connectivity index (χ0v) is 9.42. The van der Waals surface area contributed by atoms with Gasteiger partial charge in [0.05, 0.1) is 7.11 Å². The van der Waals surface area contributed by atoms with E-state index in [9.17, 15) is 4.39 Å². The van der Waals surface area contributed by atoms with E-state index >= 15 is 0 Å². The molecule has 16 heavy (non-hydrogen) atoms. The van der Waals surface area contributed by atoms with Crippen molar-refractivity contribution in [3.05, 3.63) is 29.0 Å². The third-order valence-electron chi connectivity index (χ3n) is 2.05. The number of nitrogens with zero attached hydrogens (tertiary/aromatic N) is 2. The summed E-state index contributed by atoms with van der Waals surface area (Å²) < 4.78 is 18.6. The molecule has 2 rings (SSSR count). The van der Waals surface area contributed by atoms with Crippen LogP contribution < -0.4 is 10.5 Å². The first-order valence-electron chi connectivity index (χ1n) is 4.61. The fraction of sp³-hybridized carbons (Fsp3) is 0.200. The Hall–Kier alpha value is -1.53. The van der Waals surface area contributed by atoms with Crippen LogP contribution in [0, 0.1) is 5.82 Å². The Morgan fingerprint density at radius 3 is 2.81 bits per heavy atom. The molecule has 1 aromatic carbocycles. The molecule has 0 atom stereocenters. The smallest absolute Gasteiger partial charge is 0.150 e. The normalized spacial score (nSPS) is 10.4. The number of nitrogens with two attached hydrogens (primary N) is 1. The number of ether oxygens (including phenoxy) is 1. The summed E-state index contributed by atoms with van der Waals surface area (Å²) in [6, 6.07) is 4.62. The average Bonchev–Trinajstić information content (AvgIpc) is 2.77. The predicted molar refractivity (Wildman–Crippen MR) is 59.7 cm³/mol. The van der Waals surface area contributed by atoms with Gasteiger partial charge in [0, 0.05) is 18.2 Å². The molecule has 0 fully saturated rings. The van der Waals surface area contributed by atoms with E-state index in [1.54, 1.807) is 12.1 Å². The number of hydrogen-bond acceptors (Lipinski definition) is 5. The van der Waals surface area contributed by atoms with E-state index in [1.807, 2.05) is 0 Å². The monoisotopic (exact) mass is 239 g/mol. The second-order valence-electron chi connectivity index (χ2n) is 3.05. The predicted octanol–water partition coefficient (Wildman–Crippen LogP) is 1.81. The van der Waals surface area contributed by atoms with Gasteiger partial charge in [0.15, 0.2) is 5.01 Å². The van der Waals surface area contributed by atoms with E-state index in [0.717, 1.165) is 0 Å². The van der Waals surface area contributed by atoms with Crippen LogP contribution in [0.1, 0.15) is 5.01 Å². The Labute approximate surface area is 95.9 Å². The molecule has 0 radical (unpaired) electrons. The highest BCUT2D eigenvalue weighted by Gasteiger charge is 2.11. The lowest BCUT2D eigenvalue weighted by Crippen LogP contribution is -1.94.